The topological polar surface area (TPSA) is 67.3 Å². The molecule has 1 aromatic rings. The van der Waals surface area contributed by atoms with Gasteiger partial charge >= 0.3 is 29.0 Å². The molecule has 4 nitrogen and oxygen atoms in total. The molecule has 0 aliphatic heterocycles. The van der Waals surface area contributed by atoms with Crippen LogP contribution in [0.1, 0.15) is 0 Å². The molecule has 0 fully saturated rings. The molecular weight excluding hydrogens is 197 g/mol. The average molecular weight is 202 g/mol. The standard InChI is InChI=1S/C5H4ClNO3S.Li.H/c6-4-2-1-3-5(7-4)11(8,9)10;;/h1-3H,(H,8,9,10);;. The van der Waals surface area contributed by atoms with Crippen molar-refractivity contribution in [2.75, 3.05) is 0 Å². The van der Waals surface area contributed by atoms with E-state index in [1.165, 1.54) is 12.1 Å². The van der Waals surface area contributed by atoms with E-state index in [1.807, 2.05) is 0 Å². The first-order valence-corrected chi connectivity index (χ1v) is 4.42. The molecule has 0 saturated carbocycles. The van der Waals surface area contributed by atoms with Crippen LogP contribution in [0.25, 0.3) is 0 Å². The number of halogens is 1. The molecule has 0 aliphatic carbocycles. The first-order chi connectivity index (χ1) is 5.00. The Morgan fingerprint density at radius 1 is 1.42 bits per heavy atom. The quantitative estimate of drug-likeness (QED) is 0.404. The molecule has 0 radical (unpaired) electrons. The first-order valence-electron chi connectivity index (χ1n) is 2.60. The molecule has 62 valence electrons. The van der Waals surface area contributed by atoms with Crippen molar-refractivity contribution in [1.82, 2.24) is 4.98 Å². The maximum absolute atomic E-state index is 10.4. The molecule has 0 atom stereocenters. The van der Waals surface area contributed by atoms with Crippen LogP contribution in [0.2, 0.25) is 5.15 Å². The van der Waals surface area contributed by atoms with E-state index in [1.54, 1.807) is 0 Å². The van der Waals surface area contributed by atoms with E-state index < -0.39 is 15.1 Å². The second-order valence-electron chi connectivity index (χ2n) is 1.77. The van der Waals surface area contributed by atoms with Crippen molar-refractivity contribution < 1.29 is 13.0 Å². The molecular formula is C5H5ClLiNO3S. The molecule has 12 heavy (non-hydrogen) atoms. The van der Waals surface area contributed by atoms with E-state index in [-0.39, 0.29) is 24.0 Å². The van der Waals surface area contributed by atoms with E-state index in [4.69, 9.17) is 16.2 Å². The van der Waals surface area contributed by atoms with Crippen molar-refractivity contribution in [3.05, 3.63) is 23.4 Å². The predicted molar refractivity (Wildman–Crippen MR) is 46.2 cm³/mol. The van der Waals surface area contributed by atoms with Crippen LogP contribution in [0.5, 0.6) is 0 Å². The van der Waals surface area contributed by atoms with Gasteiger partial charge in [0.15, 0.2) is 5.03 Å². The first kappa shape index (κ1) is 11.9. The van der Waals surface area contributed by atoms with Crippen molar-refractivity contribution in [3.8, 4) is 0 Å². The van der Waals surface area contributed by atoms with Crippen LogP contribution in [0, 0.1) is 0 Å². The van der Waals surface area contributed by atoms with E-state index in [0.717, 1.165) is 6.07 Å². The summed E-state index contributed by atoms with van der Waals surface area (Å²) in [7, 11) is -4.22. The van der Waals surface area contributed by atoms with Gasteiger partial charge in [-0.3, -0.25) is 4.55 Å². The molecule has 1 N–H and O–H groups in total. The van der Waals surface area contributed by atoms with Crippen molar-refractivity contribution in [2.45, 2.75) is 5.03 Å². The van der Waals surface area contributed by atoms with Gasteiger partial charge in [0.2, 0.25) is 0 Å². The molecule has 1 heterocycles. The summed E-state index contributed by atoms with van der Waals surface area (Å²) in [5, 5.41) is -0.412. The van der Waals surface area contributed by atoms with E-state index in [9.17, 15) is 8.42 Å². The number of rotatable bonds is 1. The molecule has 1 rings (SSSR count). The van der Waals surface area contributed by atoms with E-state index >= 15 is 0 Å². The fourth-order valence-electron chi connectivity index (χ4n) is 0.533. The van der Waals surface area contributed by atoms with Gasteiger partial charge in [-0.25, -0.2) is 4.98 Å². The molecule has 7 heteroatoms. The third-order valence-corrected chi connectivity index (χ3v) is 1.92. The van der Waals surface area contributed by atoms with Gasteiger partial charge in [-0.15, -0.1) is 0 Å². The van der Waals surface area contributed by atoms with E-state index in [2.05, 4.69) is 4.98 Å². The summed E-state index contributed by atoms with van der Waals surface area (Å²) in [6.07, 6.45) is 0. The Kier molecular flexibility index (Phi) is 4.24. The van der Waals surface area contributed by atoms with Crippen molar-refractivity contribution in [2.24, 2.45) is 0 Å². The minimum atomic E-state index is -4.22. The van der Waals surface area contributed by atoms with Crippen molar-refractivity contribution in [3.63, 3.8) is 0 Å². The fourth-order valence-corrected chi connectivity index (χ4v) is 1.21. The Hall–Kier alpha value is -0.0526. The Morgan fingerprint density at radius 2 is 2.00 bits per heavy atom. The Labute approximate surface area is 86.9 Å². The monoisotopic (exact) mass is 201 g/mol. The molecule has 0 bridgehead atoms. The summed E-state index contributed by atoms with van der Waals surface area (Å²) in [5.41, 5.74) is 0. The number of hydrogen-bond donors (Lipinski definition) is 1. The summed E-state index contributed by atoms with van der Waals surface area (Å²) >= 11 is 5.36. The molecule has 0 unspecified atom stereocenters. The zero-order valence-corrected chi connectivity index (χ0v) is 6.80. The third kappa shape index (κ3) is 3.13. The molecule has 0 aliphatic rings. The van der Waals surface area contributed by atoms with Crippen LogP contribution in [0.4, 0.5) is 0 Å². The van der Waals surface area contributed by atoms with Gasteiger partial charge in [-0.1, -0.05) is 17.7 Å². The number of hydrogen-bond acceptors (Lipinski definition) is 3. The molecule has 0 amide bonds. The Balaban J connectivity index is 0.00000121. The van der Waals surface area contributed by atoms with Gasteiger partial charge < -0.3 is 0 Å². The summed E-state index contributed by atoms with van der Waals surface area (Å²) in [4.78, 5) is 3.37. The van der Waals surface area contributed by atoms with E-state index in [0.29, 0.717) is 0 Å². The van der Waals surface area contributed by atoms with Gasteiger partial charge in [-0.05, 0) is 12.1 Å². The summed E-state index contributed by atoms with van der Waals surface area (Å²) < 4.78 is 29.3. The van der Waals surface area contributed by atoms with Crippen LogP contribution < -0.4 is 0 Å². The van der Waals surface area contributed by atoms with Crippen molar-refractivity contribution in [1.29, 1.82) is 0 Å². The average Bonchev–Trinajstić information content (AvgIpc) is 1.86. The van der Waals surface area contributed by atoms with Crippen LogP contribution in [0.15, 0.2) is 23.2 Å². The van der Waals surface area contributed by atoms with Crippen LogP contribution >= 0.6 is 11.6 Å². The fraction of sp³-hybridized carbons (Fsp3) is 0. The second-order valence-corrected chi connectivity index (χ2v) is 3.53. The third-order valence-electron chi connectivity index (χ3n) is 0.954. The zero-order chi connectivity index (χ0) is 8.48. The van der Waals surface area contributed by atoms with Crippen LogP contribution in [-0.4, -0.2) is 36.8 Å². The summed E-state index contributed by atoms with van der Waals surface area (Å²) in [5.74, 6) is 0. The van der Waals surface area contributed by atoms with Crippen LogP contribution in [0.3, 0.4) is 0 Å². The number of pyridine rings is 1. The van der Waals surface area contributed by atoms with Gasteiger partial charge in [0.05, 0.1) is 0 Å². The van der Waals surface area contributed by atoms with Gasteiger partial charge in [-0.2, -0.15) is 8.42 Å². The molecule has 0 saturated heterocycles. The Bertz CT molecular complexity index is 367. The number of nitrogens with zero attached hydrogens (tertiary/aromatic N) is 1. The zero-order valence-electron chi connectivity index (χ0n) is 5.23. The summed E-state index contributed by atoms with van der Waals surface area (Å²) in [6, 6.07) is 3.95. The predicted octanol–water partition coefficient (Wildman–Crippen LogP) is 0.333. The SMILES string of the molecule is O=S(=O)(O)c1cccc(Cl)n1.[LiH]. The van der Waals surface area contributed by atoms with Gasteiger partial charge in [0.25, 0.3) is 0 Å². The summed E-state index contributed by atoms with van der Waals surface area (Å²) in [6.45, 7) is 0. The number of aromatic nitrogens is 1. The molecule has 1 aromatic heterocycles. The minimum absolute atomic E-state index is 0. The maximum atomic E-state index is 10.4. The normalized spacial score (nSPS) is 10.5. The van der Waals surface area contributed by atoms with Crippen LogP contribution in [-0.2, 0) is 10.1 Å². The Morgan fingerprint density at radius 3 is 2.33 bits per heavy atom. The van der Waals surface area contributed by atoms with Crippen molar-refractivity contribution >= 4 is 40.6 Å². The molecule has 0 spiro atoms. The second kappa shape index (κ2) is 4.26. The van der Waals surface area contributed by atoms with Gasteiger partial charge in [0, 0.05) is 0 Å². The van der Waals surface area contributed by atoms with Gasteiger partial charge in [0.1, 0.15) is 5.15 Å². The molecule has 0 aromatic carbocycles.